The fourth-order valence-corrected chi connectivity index (χ4v) is 1.35. The predicted molar refractivity (Wildman–Crippen MR) is 45.3 cm³/mol. The second kappa shape index (κ2) is 2.68. The maximum absolute atomic E-state index is 4.10. The van der Waals surface area contributed by atoms with Crippen LogP contribution < -0.4 is 0 Å². The van der Waals surface area contributed by atoms with Crippen molar-refractivity contribution in [3.05, 3.63) is 15.5 Å². The van der Waals surface area contributed by atoms with Crippen LogP contribution in [-0.2, 0) is 13.5 Å². The lowest BCUT2D eigenvalue weighted by atomic mass is 10.3. The number of hydrogen-bond donors (Lipinski definition) is 0. The molecule has 0 spiro atoms. The third-order valence-corrected chi connectivity index (χ3v) is 2.71. The maximum Gasteiger partial charge on any atom is 0.102 e. The van der Waals surface area contributed by atoms with Crippen LogP contribution in [0.25, 0.3) is 0 Å². The van der Waals surface area contributed by atoms with E-state index in [2.05, 4.69) is 34.6 Å². The molecular weight excluding hydrogens is 227 g/mol. The summed E-state index contributed by atoms with van der Waals surface area (Å²) in [5.41, 5.74) is 1.33. The average molecular weight is 236 g/mol. The molecule has 1 rings (SSSR count). The fraction of sp³-hybridized carbons (Fsp3) is 0.500. The Morgan fingerprint density at radius 3 is 2.67 bits per heavy atom. The van der Waals surface area contributed by atoms with E-state index in [-0.39, 0.29) is 0 Å². The van der Waals surface area contributed by atoms with E-state index in [4.69, 9.17) is 0 Å². The first-order valence-corrected chi connectivity index (χ1v) is 4.00. The molecule has 0 saturated heterocycles. The number of aryl methyl sites for hydroxylation is 2. The molecule has 3 heteroatoms. The van der Waals surface area contributed by atoms with Crippen molar-refractivity contribution in [3.8, 4) is 0 Å². The summed E-state index contributed by atoms with van der Waals surface area (Å²) in [5.74, 6) is 0. The molecule has 0 bridgehead atoms. The lowest BCUT2D eigenvalue weighted by Gasteiger charge is -1.91. The van der Waals surface area contributed by atoms with Gasteiger partial charge in [-0.25, -0.2) is 0 Å². The van der Waals surface area contributed by atoms with Crippen molar-refractivity contribution >= 4 is 22.6 Å². The van der Waals surface area contributed by atoms with E-state index in [1.165, 1.54) is 9.26 Å². The van der Waals surface area contributed by atoms with E-state index in [0.717, 1.165) is 6.42 Å². The van der Waals surface area contributed by atoms with Gasteiger partial charge in [0.05, 0.1) is 6.20 Å². The number of aromatic nitrogens is 2. The molecule has 0 amide bonds. The van der Waals surface area contributed by atoms with Crippen molar-refractivity contribution in [1.29, 1.82) is 0 Å². The fourth-order valence-electron chi connectivity index (χ4n) is 0.705. The smallest absolute Gasteiger partial charge is 0.102 e. The third-order valence-electron chi connectivity index (χ3n) is 1.32. The minimum absolute atomic E-state index is 1.08. The number of halogens is 1. The van der Waals surface area contributed by atoms with Crippen LogP contribution in [0.15, 0.2) is 6.20 Å². The number of rotatable bonds is 1. The van der Waals surface area contributed by atoms with Crippen molar-refractivity contribution in [2.75, 3.05) is 0 Å². The Morgan fingerprint density at radius 1 is 1.78 bits per heavy atom. The van der Waals surface area contributed by atoms with Crippen LogP contribution in [0.3, 0.4) is 0 Å². The quantitative estimate of drug-likeness (QED) is 0.677. The first-order valence-electron chi connectivity index (χ1n) is 2.92. The van der Waals surface area contributed by atoms with E-state index >= 15 is 0 Å². The first-order chi connectivity index (χ1) is 4.25. The molecule has 0 fully saturated rings. The van der Waals surface area contributed by atoms with Gasteiger partial charge in [-0.15, -0.1) is 0 Å². The van der Waals surface area contributed by atoms with Gasteiger partial charge in [0.25, 0.3) is 0 Å². The normalized spacial score (nSPS) is 10.1. The summed E-state index contributed by atoms with van der Waals surface area (Å²) in [6.45, 7) is 2.14. The van der Waals surface area contributed by atoms with Gasteiger partial charge in [-0.1, -0.05) is 6.92 Å². The Bertz CT molecular complexity index is 205. The molecule has 0 radical (unpaired) electrons. The molecule has 0 N–H and O–H groups in total. The van der Waals surface area contributed by atoms with Crippen molar-refractivity contribution in [1.82, 2.24) is 9.78 Å². The van der Waals surface area contributed by atoms with Crippen LogP contribution in [0.5, 0.6) is 0 Å². The van der Waals surface area contributed by atoms with Crippen LogP contribution in [0, 0.1) is 3.70 Å². The number of hydrogen-bond acceptors (Lipinski definition) is 1. The Hall–Kier alpha value is -0.0600. The lowest BCUT2D eigenvalue weighted by Crippen LogP contribution is -1.92. The zero-order valence-corrected chi connectivity index (χ0v) is 7.71. The van der Waals surface area contributed by atoms with Crippen LogP contribution in [0.2, 0.25) is 0 Å². The van der Waals surface area contributed by atoms with Gasteiger partial charge in [0.1, 0.15) is 3.70 Å². The summed E-state index contributed by atoms with van der Waals surface area (Å²) < 4.78 is 3.13. The third kappa shape index (κ3) is 1.26. The molecular formula is C6H9IN2. The zero-order valence-electron chi connectivity index (χ0n) is 5.56. The predicted octanol–water partition coefficient (Wildman–Crippen LogP) is 1.59. The molecule has 2 nitrogen and oxygen atoms in total. The summed E-state index contributed by atoms with van der Waals surface area (Å²) >= 11 is 2.30. The highest BCUT2D eigenvalue weighted by molar-refractivity contribution is 14.1. The Kier molecular flexibility index (Phi) is 2.10. The average Bonchev–Trinajstić information content (AvgIpc) is 2.15. The lowest BCUT2D eigenvalue weighted by molar-refractivity contribution is 0.746. The highest BCUT2D eigenvalue weighted by Gasteiger charge is 2.00. The zero-order chi connectivity index (χ0) is 6.85. The van der Waals surface area contributed by atoms with Crippen molar-refractivity contribution in [3.63, 3.8) is 0 Å². The minimum atomic E-state index is 1.08. The van der Waals surface area contributed by atoms with Gasteiger partial charge in [-0.05, 0) is 29.0 Å². The molecule has 1 heterocycles. The molecule has 0 unspecified atom stereocenters. The van der Waals surface area contributed by atoms with E-state index in [1.54, 1.807) is 0 Å². The second-order valence-electron chi connectivity index (χ2n) is 1.94. The minimum Gasteiger partial charge on any atom is -0.262 e. The first kappa shape index (κ1) is 7.05. The van der Waals surface area contributed by atoms with E-state index < -0.39 is 0 Å². The van der Waals surface area contributed by atoms with E-state index in [9.17, 15) is 0 Å². The molecule has 0 atom stereocenters. The monoisotopic (exact) mass is 236 g/mol. The second-order valence-corrected chi connectivity index (χ2v) is 2.96. The van der Waals surface area contributed by atoms with Crippen molar-refractivity contribution in [2.45, 2.75) is 13.3 Å². The molecule has 1 aromatic heterocycles. The largest absolute Gasteiger partial charge is 0.262 e. The van der Waals surface area contributed by atoms with Crippen LogP contribution >= 0.6 is 22.6 Å². The van der Waals surface area contributed by atoms with Gasteiger partial charge in [-0.2, -0.15) is 5.10 Å². The van der Waals surface area contributed by atoms with E-state index in [1.807, 2.05) is 17.9 Å². The van der Waals surface area contributed by atoms with Gasteiger partial charge in [0.2, 0.25) is 0 Å². The summed E-state index contributed by atoms with van der Waals surface area (Å²) in [6.07, 6.45) is 2.99. The van der Waals surface area contributed by atoms with Crippen molar-refractivity contribution < 1.29 is 0 Å². The maximum atomic E-state index is 4.10. The van der Waals surface area contributed by atoms with Crippen molar-refractivity contribution in [2.24, 2.45) is 7.05 Å². The van der Waals surface area contributed by atoms with Gasteiger partial charge < -0.3 is 0 Å². The molecule has 1 aromatic rings. The van der Waals surface area contributed by atoms with Gasteiger partial charge in [0.15, 0.2) is 0 Å². The number of nitrogens with zero attached hydrogens (tertiary/aromatic N) is 2. The van der Waals surface area contributed by atoms with Gasteiger partial charge >= 0.3 is 0 Å². The Labute approximate surface area is 68.4 Å². The SMILES string of the molecule is CCc1cnn(C)c1I. The molecule has 50 valence electrons. The summed E-state index contributed by atoms with van der Waals surface area (Å²) in [6, 6.07) is 0. The molecule has 0 aromatic carbocycles. The van der Waals surface area contributed by atoms with Crippen LogP contribution in [0.1, 0.15) is 12.5 Å². The van der Waals surface area contributed by atoms with Gasteiger partial charge in [-0.3, -0.25) is 4.68 Å². The molecule has 0 saturated carbocycles. The Morgan fingerprint density at radius 2 is 2.44 bits per heavy atom. The van der Waals surface area contributed by atoms with Crippen LogP contribution in [-0.4, -0.2) is 9.78 Å². The molecule has 0 aliphatic carbocycles. The van der Waals surface area contributed by atoms with Crippen LogP contribution in [0.4, 0.5) is 0 Å². The topological polar surface area (TPSA) is 17.8 Å². The summed E-state index contributed by atoms with van der Waals surface area (Å²) in [5, 5.41) is 4.10. The Balaban J connectivity index is 3.04. The highest BCUT2D eigenvalue weighted by atomic mass is 127. The molecule has 0 aliphatic heterocycles. The molecule has 9 heavy (non-hydrogen) atoms. The van der Waals surface area contributed by atoms with E-state index in [0.29, 0.717) is 0 Å². The standard InChI is InChI=1S/C6H9IN2/c1-3-5-4-8-9(2)6(5)7/h4H,3H2,1-2H3. The summed E-state index contributed by atoms with van der Waals surface area (Å²) in [4.78, 5) is 0. The van der Waals surface area contributed by atoms with Gasteiger partial charge in [0, 0.05) is 12.6 Å². The summed E-state index contributed by atoms with van der Waals surface area (Å²) in [7, 11) is 1.96. The highest BCUT2D eigenvalue weighted by Crippen LogP contribution is 2.09. The molecule has 0 aliphatic rings.